The van der Waals surface area contributed by atoms with Crippen LogP contribution >= 0.6 is 15.9 Å². The van der Waals surface area contributed by atoms with Crippen LogP contribution in [0.4, 0.5) is 0 Å². The van der Waals surface area contributed by atoms with Crippen LogP contribution in [0.1, 0.15) is 40.0 Å². The van der Waals surface area contributed by atoms with Crippen LogP contribution in [0.5, 0.6) is 5.75 Å². The van der Waals surface area contributed by atoms with Gasteiger partial charge in [0.1, 0.15) is 30.3 Å². The minimum atomic E-state index is -0.536. The van der Waals surface area contributed by atoms with Crippen LogP contribution in [-0.2, 0) is 23.8 Å². The minimum Gasteiger partial charge on any atom is -0.493 e. The summed E-state index contributed by atoms with van der Waals surface area (Å²) in [4.78, 5) is 24.6. The van der Waals surface area contributed by atoms with Gasteiger partial charge in [-0.2, -0.15) is 0 Å². The zero-order chi connectivity index (χ0) is 20.3. The molecule has 1 heterocycles. The van der Waals surface area contributed by atoms with Crippen molar-refractivity contribution in [3.05, 3.63) is 40.8 Å². The maximum absolute atomic E-state index is 12.8. The molecular weight excluding hydrogens is 428 g/mol. The molecule has 152 valence electrons. The molecule has 2 aliphatic rings. The first-order valence-electron chi connectivity index (χ1n) is 9.38. The van der Waals surface area contributed by atoms with Gasteiger partial charge < -0.3 is 18.9 Å². The monoisotopic (exact) mass is 452 g/mol. The zero-order valence-corrected chi connectivity index (χ0v) is 17.9. The third-order valence-corrected chi connectivity index (χ3v) is 5.24. The number of allylic oxidation sites excluding steroid dienone is 1. The van der Waals surface area contributed by atoms with E-state index >= 15 is 0 Å². The van der Waals surface area contributed by atoms with Gasteiger partial charge >= 0.3 is 5.97 Å². The third-order valence-electron chi connectivity index (χ3n) is 4.59. The SMILES string of the molecule is CC(C)(C)OC(=O)COC1CCC2C(=O)C(Oc3ccccc3Br)=COC2C1. The first-order chi connectivity index (χ1) is 13.2. The Balaban J connectivity index is 1.55. The van der Waals surface area contributed by atoms with Crippen LogP contribution in [0, 0.1) is 5.92 Å². The second-order valence-electron chi connectivity index (χ2n) is 7.99. The van der Waals surface area contributed by atoms with Crippen LogP contribution in [-0.4, -0.2) is 36.2 Å². The highest BCUT2D eigenvalue weighted by Crippen LogP contribution is 2.36. The molecule has 0 amide bonds. The second kappa shape index (κ2) is 8.66. The van der Waals surface area contributed by atoms with E-state index in [0.717, 1.165) is 4.47 Å². The van der Waals surface area contributed by atoms with Crippen LogP contribution in [0.25, 0.3) is 0 Å². The van der Waals surface area contributed by atoms with Gasteiger partial charge in [-0.3, -0.25) is 4.79 Å². The Morgan fingerprint density at radius 1 is 1.25 bits per heavy atom. The van der Waals surface area contributed by atoms with Crippen molar-refractivity contribution in [2.24, 2.45) is 5.92 Å². The summed E-state index contributed by atoms with van der Waals surface area (Å²) in [6.45, 7) is 5.35. The maximum Gasteiger partial charge on any atom is 0.332 e. The van der Waals surface area contributed by atoms with Gasteiger partial charge in [0.15, 0.2) is 0 Å². The number of esters is 1. The maximum atomic E-state index is 12.8. The lowest BCUT2D eigenvalue weighted by atomic mass is 9.80. The number of hydrogen-bond acceptors (Lipinski definition) is 6. The summed E-state index contributed by atoms with van der Waals surface area (Å²) in [5.74, 6) is 0.0699. The molecule has 0 saturated heterocycles. The number of rotatable bonds is 5. The highest BCUT2D eigenvalue weighted by atomic mass is 79.9. The van der Waals surface area contributed by atoms with Crippen molar-refractivity contribution in [2.45, 2.75) is 57.8 Å². The Labute approximate surface area is 173 Å². The minimum absolute atomic E-state index is 0.0578. The molecule has 3 atom stereocenters. The largest absolute Gasteiger partial charge is 0.493 e. The van der Waals surface area contributed by atoms with Crippen molar-refractivity contribution in [3.8, 4) is 5.75 Å². The fourth-order valence-electron chi connectivity index (χ4n) is 3.36. The molecular formula is C21H25BrO6. The van der Waals surface area contributed by atoms with Gasteiger partial charge in [0.2, 0.25) is 11.5 Å². The van der Waals surface area contributed by atoms with Gasteiger partial charge in [0.25, 0.3) is 0 Å². The first kappa shape index (κ1) is 20.9. The molecule has 6 nitrogen and oxygen atoms in total. The van der Waals surface area contributed by atoms with E-state index < -0.39 is 5.60 Å². The number of carbonyl (C=O) groups excluding carboxylic acids is 2. The van der Waals surface area contributed by atoms with Crippen molar-refractivity contribution in [2.75, 3.05) is 6.61 Å². The smallest absolute Gasteiger partial charge is 0.332 e. The van der Waals surface area contributed by atoms with Gasteiger partial charge in [0.05, 0.1) is 16.5 Å². The highest BCUT2D eigenvalue weighted by Gasteiger charge is 2.41. The number of benzene rings is 1. The molecule has 1 fully saturated rings. The lowest BCUT2D eigenvalue weighted by Crippen LogP contribution is -2.43. The number of carbonyl (C=O) groups is 2. The number of hydrogen-bond donors (Lipinski definition) is 0. The van der Waals surface area contributed by atoms with E-state index in [4.69, 9.17) is 18.9 Å². The van der Waals surface area contributed by atoms with Crippen LogP contribution in [0.3, 0.4) is 0 Å². The number of halogens is 1. The Bertz CT molecular complexity index is 766. The summed E-state index contributed by atoms with van der Waals surface area (Å²) in [5, 5.41) is 0. The van der Waals surface area contributed by atoms with E-state index in [0.29, 0.717) is 25.0 Å². The Hall–Kier alpha value is -1.86. The Morgan fingerprint density at radius 3 is 2.71 bits per heavy atom. The van der Waals surface area contributed by atoms with Gasteiger partial charge in [-0.1, -0.05) is 12.1 Å². The molecule has 0 N–H and O–H groups in total. The molecule has 3 rings (SSSR count). The normalized spacial score (nSPS) is 24.6. The van der Waals surface area contributed by atoms with Gasteiger partial charge in [-0.25, -0.2) is 4.79 Å². The summed E-state index contributed by atoms with van der Waals surface area (Å²) >= 11 is 3.41. The van der Waals surface area contributed by atoms with Crippen molar-refractivity contribution in [1.82, 2.24) is 0 Å². The average molecular weight is 453 g/mol. The van der Waals surface area contributed by atoms with Gasteiger partial charge in [-0.05, 0) is 61.7 Å². The molecule has 1 aliphatic carbocycles. The number of fused-ring (bicyclic) bond motifs is 1. The average Bonchev–Trinajstić information content (AvgIpc) is 2.62. The fraction of sp³-hybridized carbons (Fsp3) is 0.524. The van der Waals surface area contributed by atoms with E-state index in [9.17, 15) is 9.59 Å². The third kappa shape index (κ3) is 5.35. The molecule has 1 saturated carbocycles. The molecule has 7 heteroatoms. The van der Waals surface area contributed by atoms with E-state index in [1.807, 2.05) is 39.0 Å². The fourth-order valence-corrected chi connectivity index (χ4v) is 3.73. The predicted octanol–water partition coefficient (Wildman–Crippen LogP) is 4.16. The molecule has 1 aliphatic heterocycles. The second-order valence-corrected chi connectivity index (χ2v) is 8.85. The molecule has 1 aromatic rings. The number of Topliss-reactive ketones (excluding diaryl/α,β-unsaturated/α-hetero) is 1. The lowest BCUT2D eigenvalue weighted by Gasteiger charge is -2.37. The summed E-state index contributed by atoms with van der Waals surface area (Å²) < 4.78 is 23.2. The highest BCUT2D eigenvalue weighted by molar-refractivity contribution is 9.10. The van der Waals surface area contributed by atoms with Gasteiger partial charge in [-0.15, -0.1) is 0 Å². The predicted molar refractivity (Wildman–Crippen MR) is 106 cm³/mol. The van der Waals surface area contributed by atoms with Crippen molar-refractivity contribution in [3.63, 3.8) is 0 Å². The van der Waals surface area contributed by atoms with E-state index in [-0.39, 0.29) is 42.2 Å². The molecule has 0 aromatic heterocycles. The number of ketones is 1. The Morgan fingerprint density at radius 2 is 2.00 bits per heavy atom. The van der Waals surface area contributed by atoms with Crippen molar-refractivity contribution in [1.29, 1.82) is 0 Å². The van der Waals surface area contributed by atoms with E-state index in [1.165, 1.54) is 6.26 Å². The zero-order valence-electron chi connectivity index (χ0n) is 16.3. The van der Waals surface area contributed by atoms with E-state index in [2.05, 4.69) is 15.9 Å². The van der Waals surface area contributed by atoms with Crippen LogP contribution in [0.2, 0.25) is 0 Å². The summed E-state index contributed by atoms with van der Waals surface area (Å²) in [5.41, 5.74) is -0.536. The topological polar surface area (TPSA) is 71.1 Å². The van der Waals surface area contributed by atoms with Crippen LogP contribution < -0.4 is 4.74 Å². The van der Waals surface area contributed by atoms with E-state index in [1.54, 1.807) is 6.07 Å². The first-order valence-corrected chi connectivity index (χ1v) is 10.2. The lowest BCUT2D eigenvalue weighted by molar-refractivity contribution is -0.165. The van der Waals surface area contributed by atoms with Crippen molar-refractivity contribution >= 4 is 27.7 Å². The summed E-state index contributed by atoms with van der Waals surface area (Å²) in [7, 11) is 0. The Kier molecular flexibility index (Phi) is 6.45. The molecule has 28 heavy (non-hydrogen) atoms. The molecule has 0 radical (unpaired) electrons. The molecule has 3 unspecified atom stereocenters. The van der Waals surface area contributed by atoms with Gasteiger partial charge in [0, 0.05) is 6.42 Å². The van der Waals surface area contributed by atoms with Crippen molar-refractivity contribution < 1.29 is 28.5 Å². The summed E-state index contributed by atoms with van der Waals surface area (Å²) in [6, 6.07) is 7.34. The molecule has 0 bridgehead atoms. The number of ether oxygens (including phenoxy) is 4. The summed E-state index contributed by atoms with van der Waals surface area (Å²) in [6.07, 6.45) is 2.84. The molecule has 1 aromatic carbocycles. The quantitative estimate of drug-likeness (QED) is 0.624. The molecule has 0 spiro atoms. The standard InChI is InChI=1S/C21H25BrO6/c1-21(2,3)28-19(23)12-25-13-8-9-14-17(10-13)26-11-18(20(14)24)27-16-7-5-4-6-15(16)22/h4-7,11,13-14,17H,8-10,12H2,1-3H3. The number of para-hydroxylation sites is 1. The van der Waals surface area contributed by atoms with Crippen LogP contribution in [0.15, 0.2) is 40.8 Å².